The number of furan rings is 1. The lowest BCUT2D eigenvalue weighted by molar-refractivity contribution is 0.628. The molecule has 2 N–H and O–H groups in total. The minimum atomic E-state index is 0.674. The Hall–Kier alpha value is -2.27. The summed E-state index contributed by atoms with van der Waals surface area (Å²) in [6.45, 7) is 0.674. The van der Waals surface area contributed by atoms with Gasteiger partial charge in [-0.25, -0.2) is 0 Å². The van der Waals surface area contributed by atoms with Crippen molar-refractivity contribution in [1.29, 1.82) is 0 Å². The summed E-state index contributed by atoms with van der Waals surface area (Å²) in [5.41, 5.74) is 8.30. The van der Waals surface area contributed by atoms with Crippen LogP contribution in [-0.4, -0.2) is 21.7 Å². The Kier molecular flexibility index (Phi) is 3.20. The molecule has 0 spiro atoms. The van der Waals surface area contributed by atoms with Crippen molar-refractivity contribution in [3.63, 3.8) is 0 Å². The second kappa shape index (κ2) is 5.16. The molecule has 19 heavy (non-hydrogen) atoms. The van der Waals surface area contributed by atoms with Crippen LogP contribution in [-0.2, 0) is 6.42 Å². The van der Waals surface area contributed by atoms with E-state index in [9.17, 15) is 0 Å². The van der Waals surface area contributed by atoms with Crippen molar-refractivity contribution in [3.05, 3.63) is 42.5 Å². The first-order valence-corrected chi connectivity index (χ1v) is 6.22. The van der Waals surface area contributed by atoms with E-state index in [-0.39, 0.29) is 0 Å². The van der Waals surface area contributed by atoms with E-state index in [1.807, 2.05) is 18.2 Å². The molecule has 3 aromatic heterocycles. The van der Waals surface area contributed by atoms with Crippen LogP contribution in [0, 0.1) is 0 Å². The van der Waals surface area contributed by atoms with Crippen molar-refractivity contribution in [1.82, 2.24) is 15.2 Å². The van der Waals surface area contributed by atoms with Gasteiger partial charge in [0.25, 0.3) is 0 Å². The topological polar surface area (TPSA) is 77.8 Å². The van der Waals surface area contributed by atoms with Crippen LogP contribution in [0.3, 0.4) is 0 Å². The van der Waals surface area contributed by atoms with E-state index >= 15 is 0 Å². The number of fused-ring (bicyclic) bond motifs is 1. The van der Waals surface area contributed by atoms with Crippen LogP contribution < -0.4 is 5.73 Å². The third-order valence-electron chi connectivity index (χ3n) is 2.97. The van der Waals surface area contributed by atoms with Crippen LogP contribution in [0.1, 0.15) is 12.1 Å². The molecule has 0 unspecified atom stereocenters. The van der Waals surface area contributed by atoms with Crippen molar-refractivity contribution in [3.8, 4) is 11.3 Å². The third-order valence-corrected chi connectivity index (χ3v) is 2.97. The molecule has 0 aliphatic rings. The predicted octanol–water partition coefficient (Wildman–Crippen LogP) is 2.18. The number of aryl methyl sites for hydroxylation is 1. The van der Waals surface area contributed by atoms with Gasteiger partial charge >= 0.3 is 0 Å². The Morgan fingerprint density at radius 2 is 2.05 bits per heavy atom. The number of pyridine rings is 1. The quantitative estimate of drug-likeness (QED) is 0.772. The highest BCUT2D eigenvalue weighted by Crippen LogP contribution is 2.26. The second-order valence-corrected chi connectivity index (χ2v) is 4.35. The normalized spacial score (nSPS) is 11.0. The fourth-order valence-corrected chi connectivity index (χ4v) is 2.00. The number of rotatable bonds is 4. The fraction of sp³-hybridized carbons (Fsp3) is 0.214. The first-order valence-electron chi connectivity index (χ1n) is 6.22. The lowest BCUT2D eigenvalue weighted by Crippen LogP contribution is -2.01. The van der Waals surface area contributed by atoms with Crippen molar-refractivity contribution in [2.24, 2.45) is 5.73 Å². The van der Waals surface area contributed by atoms with Gasteiger partial charge in [0.1, 0.15) is 5.76 Å². The molecule has 0 atom stereocenters. The molecule has 0 fully saturated rings. The Bertz CT molecular complexity index is 659. The Balaban J connectivity index is 1.96. The highest BCUT2D eigenvalue weighted by atomic mass is 16.3. The summed E-state index contributed by atoms with van der Waals surface area (Å²) >= 11 is 0. The van der Waals surface area contributed by atoms with Crippen LogP contribution in [0.4, 0.5) is 0 Å². The fourth-order valence-electron chi connectivity index (χ4n) is 2.00. The summed E-state index contributed by atoms with van der Waals surface area (Å²) in [5.74, 6) is 0.807. The molecule has 5 heteroatoms. The Morgan fingerprint density at radius 3 is 2.89 bits per heavy atom. The number of aromatic nitrogens is 3. The van der Waals surface area contributed by atoms with Gasteiger partial charge in [-0.05, 0) is 37.6 Å². The summed E-state index contributed by atoms with van der Waals surface area (Å²) in [6.07, 6.45) is 6.93. The van der Waals surface area contributed by atoms with Gasteiger partial charge in [0.2, 0.25) is 0 Å². The SMILES string of the molecule is NCCCc1cc(-c2cc3cnncc3o2)ccn1. The van der Waals surface area contributed by atoms with E-state index in [2.05, 4.69) is 15.2 Å². The monoisotopic (exact) mass is 254 g/mol. The summed E-state index contributed by atoms with van der Waals surface area (Å²) < 4.78 is 5.76. The molecule has 0 bridgehead atoms. The first-order chi connectivity index (χ1) is 9.36. The van der Waals surface area contributed by atoms with Gasteiger partial charge in [-0.1, -0.05) is 0 Å². The highest BCUT2D eigenvalue weighted by Gasteiger charge is 2.07. The molecule has 0 saturated carbocycles. The molecule has 0 saturated heterocycles. The zero-order valence-corrected chi connectivity index (χ0v) is 10.4. The van der Waals surface area contributed by atoms with Gasteiger partial charge in [-0.2, -0.15) is 10.2 Å². The van der Waals surface area contributed by atoms with Crippen molar-refractivity contribution < 1.29 is 4.42 Å². The standard InChI is InChI=1S/C14H14N4O/c15-4-1-2-12-6-10(3-5-16-12)13-7-11-8-17-18-9-14(11)19-13/h3,5-9H,1-2,4,15H2. The van der Waals surface area contributed by atoms with Crippen LogP contribution >= 0.6 is 0 Å². The zero-order chi connectivity index (χ0) is 13.1. The number of nitrogens with zero attached hydrogens (tertiary/aromatic N) is 3. The predicted molar refractivity (Wildman–Crippen MR) is 72.4 cm³/mol. The average molecular weight is 254 g/mol. The van der Waals surface area contributed by atoms with Gasteiger partial charge < -0.3 is 10.2 Å². The maximum absolute atomic E-state index is 5.76. The summed E-state index contributed by atoms with van der Waals surface area (Å²) in [6, 6.07) is 5.94. The first kappa shape index (κ1) is 11.8. The zero-order valence-electron chi connectivity index (χ0n) is 10.4. The molecule has 3 aromatic rings. The summed E-state index contributed by atoms with van der Waals surface area (Å²) in [7, 11) is 0. The van der Waals surface area contributed by atoms with E-state index < -0.39 is 0 Å². The molecule has 0 aliphatic carbocycles. The maximum atomic E-state index is 5.76. The largest absolute Gasteiger partial charge is 0.454 e. The smallest absolute Gasteiger partial charge is 0.156 e. The van der Waals surface area contributed by atoms with Crippen molar-refractivity contribution >= 4 is 11.0 Å². The van der Waals surface area contributed by atoms with Crippen LogP contribution in [0.5, 0.6) is 0 Å². The van der Waals surface area contributed by atoms with Gasteiger partial charge in [0, 0.05) is 22.8 Å². The van der Waals surface area contributed by atoms with Gasteiger partial charge in [-0.15, -0.1) is 0 Å². The molecule has 5 nitrogen and oxygen atoms in total. The van der Waals surface area contributed by atoms with Crippen LogP contribution in [0.15, 0.2) is 41.2 Å². The Morgan fingerprint density at radius 1 is 1.16 bits per heavy atom. The minimum Gasteiger partial charge on any atom is -0.454 e. The maximum Gasteiger partial charge on any atom is 0.156 e. The molecule has 3 heterocycles. The van der Waals surface area contributed by atoms with Crippen LogP contribution in [0.2, 0.25) is 0 Å². The molecule has 96 valence electrons. The summed E-state index contributed by atoms with van der Waals surface area (Å²) in [4.78, 5) is 4.33. The molecule has 0 aliphatic heterocycles. The van der Waals surface area contributed by atoms with Gasteiger partial charge in [0.05, 0.1) is 12.4 Å². The van der Waals surface area contributed by atoms with Crippen LogP contribution in [0.25, 0.3) is 22.3 Å². The molecular formula is C14H14N4O. The number of hydrogen-bond donors (Lipinski definition) is 1. The molecule has 0 aromatic carbocycles. The van der Waals surface area contributed by atoms with Crippen molar-refractivity contribution in [2.75, 3.05) is 6.54 Å². The number of hydrogen-bond acceptors (Lipinski definition) is 5. The van der Waals surface area contributed by atoms with E-state index in [1.165, 1.54) is 0 Å². The average Bonchev–Trinajstić information content (AvgIpc) is 2.89. The van der Waals surface area contributed by atoms with E-state index in [1.54, 1.807) is 18.6 Å². The third kappa shape index (κ3) is 2.46. The van der Waals surface area contributed by atoms with E-state index in [0.717, 1.165) is 40.8 Å². The van der Waals surface area contributed by atoms with E-state index in [4.69, 9.17) is 10.2 Å². The number of nitrogens with two attached hydrogens (primary N) is 1. The molecule has 3 rings (SSSR count). The van der Waals surface area contributed by atoms with Gasteiger partial charge in [-0.3, -0.25) is 4.98 Å². The molecule has 0 radical (unpaired) electrons. The highest BCUT2D eigenvalue weighted by molar-refractivity contribution is 5.81. The summed E-state index contributed by atoms with van der Waals surface area (Å²) in [5, 5.41) is 8.60. The minimum absolute atomic E-state index is 0.674. The molecule has 0 amide bonds. The lowest BCUT2D eigenvalue weighted by atomic mass is 10.1. The van der Waals surface area contributed by atoms with Crippen molar-refractivity contribution in [2.45, 2.75) is 12.8 Å². The van der Waals surface area contributed by atoms with E-state index in [0.29, 0.717) is 6.54 Å². The molecular weight excluding hydrogens is 240 g/mol. The second-order valence-electron chi connectivity index (χ2n) is 4.35. The lowest BCUT2D eigenvalue weighted by Gasteiger charge is -2.01. The Labute approximate surface area is 110 Å². The van der Waals surface area contributed by atoms with Gasteiger partial charge in [0.15, 0.2) is 5.58 Å².